The quantitative estimate of drug-likeness (QED) is 0.589. The predicted molar refractivity (Wildman–Crippen MR) is 122 cm³/mol. The van der Waals surface area contributed by atoms with Crippen molar-refractivity contribution in [2.45, 2.75) is 38.8 Å². The molecule has 0 aliphatic carbocycles. The Hall–Kier alpha value is -3.46. The molecule has 6 nitrogen and oxygen atoms in total. The van der Waals surface area contributed by atoms with Gasteiger partial charge in [0.25, 0.3) is 0 Å². The van der Waals surface area contributed by atoms with Gasteiger partial charge in [0, 0.05) is 19.6 Å². The van der Waals surface area contributed by atoms with Crippen molar-refractivity contribution in [1.82, 2.24) is 19.8 Å². The fourth-order valence-corrected chi connectivity index (χ4v) is 4.25. The van der Waals surface area contributed by atoms with E-state index >= 15 is 0 Å². The van der Waals surface area contributed by atoms with Crippen LogP contribution in [0.2, 0.25) is 0 Å². The number of benzene rings is 2. The van der Waals surface area contributed by atoms with Crippen molar-refractivity contribution in [2.75, 3.05) is 19.7 Å². The Bertz CT molecular complexity index is 1080. The minimum atomic E-state index is -0.0221. The average Bonchev–Trinajstić information content (AvgIpc) is 3.42. The third-order valence-corrected chi connectivity index (χ3v) is 5.75. The molecule has 1 aromatic heterocycles. The van der Waals surface area contributed by atoms with Gasteiger partial charge in [-0.25, -0.2) is 9.78 Å². The minimum Gasteiger partial charge on any atom is -0.481 e. The highest BCUT2D eigenvalue weighted by atomic mass is 16.5. The highest BCUT2D eigenvalue weighted by molar-refractivity contribution is 5.77. The number of terminal acetylenes is 1. The third kappa shape index (κ3) is 4.51. The lowest BCUT2D eigenvalue weighted by molar-refractivity contribution is 0.190. The number of para-hydroxylation sites is 2. The predicted octanol–water partition coefficient (Wildman–Crippen LogP) is 4.16. The maximum Gasteiger partial charge on any atom is 0.318 e. The summed E-state index contributed by atoms with van der Waals surface area (Å²) in [7, 11) is 0. The van der Waals surface area contributed by atoms with Crippen molar-refractivity contribution in [3.8, 4) is 18.1 Å². The molecule has 1 fully saturated rings. The Labute approximate surface area is 183 Å². The number of rotatable bonds is 7. The molecule has 1 atom stereocenters. The number of fused-ring (bicyclic) bond motifs is 1. The molecule has 3 aromatic rings. The van der Waals surface area contributed by atoms with E-state index in [1.807, 2.05) is 47.4 Å². The number of aromatic nitrogens is 2. The summed E-state index contributed by atoms with van der Waals surface area (Å²) in [5.74, 6) is 4.19. The minimum absolute atomic E-state index is 0.0138. The fourth-order valence-electron chi connectivity index (χ4n) is 4.25. The summed E-state index contributed by atoms with van der Waals surface area (Å²) in [6.07, 6.45) is 7.90. The van der Waals surface area contributed by atoms with Gasteiger partial charge in [-0.3, -0.25) is 0 Å². The molecular formula is C25H28N4O2. The van der Waals surface area contributed by atoms with Crippen LogP contribution >= 0.6 is 0 Å². The van der Waals surface area contributed by atoms with Crippen molar-refractivity contribution in [3.05, 3.63) is 59.9 Å². The van der Waals surface area contributed by atoms with E-state index in [1.165, 1.54) is 0 Å². The number of hydrogen-bond acceptors (Lipinski definition) is 3. The first-order chi connectivity index (χ1) is 15.2. The van der Waals surface area contributed by atoms with Crippen molar-refractivity contribution in [2.24, 2.45) is 0 Å². The van der Waals surface area contributed by atoms with E-state index in [4.69, 9.17) is 16.1 Å². The van der Waals surface area contributed by atoms with Gasteiger partial charge in [0.05, 0.1) is 17.1 Å². The van der Waals surface area contributed by atoms with Crippen LogP contribution in [0, 0.1) is 12.3 Å². The molecule has 1 saturated heterocycles. The molecule has 2 aromatic carbocycles. The maximum absolute atomic E-state index is 12.9. The van der Waals surface area contributed by atoms with Crippen LogP contribution in [0.4, 0.5) is 4.79 Å². The molecule has 0 bridgehead atoms. The molecule has 1 unspecified atom stereocenters. The molecule has 1 aliphatic rings. The number of nitrogens with zero attached hydrogens (tertiary/aromatic N) is 3. The highest BCUT2D eigenvalue weighted by Crippen LogP contribution is 2.33. The Morgan fingerprint density at radius 2 is 2.06 bits per heavy atom. The lowest BCUT2D eigenvalue weighted by Crippen LogP contribution is -2.41. The molecule has 31 heavy (non-hydrogen) atoms. The monoisotopic (exact) mass is 416 g/mol. The lowest BCUT2D eigenvalue weighted by atomic mass is 10.1. The Morgan fingerprint density at radius 1 is 1.26 bits per heavy atom. The number of carbonyl (C=O) groups is 1. The summed E-state index contributed by atoms with van der Waals surface area (Å²) >= 11 is 0. The first-order valence-electron chi connectivity index (χ1n) is 10.9. The van der Waals surface area contributed by atoms with E-state index in [-0.39, 0.29) is 18.7 Å². The number of imidazole rings is 1. The summed E-state index contributed by atoms with van der Waals surface area (Å²) in [6.45, 7) is 4.56. The SMILES string of the molecule is C#CCOc1ccc(CCNC(=O)N2CCCC2c2nc3ccccc3n2CC)cc1. The van der Waals surface area contributed by atoms with Gasteiger partial charge in [-0.2, -0.15) is 0 Å². The van der Waals surface area contributed by atoms with Crippen LogP contribution in [0.25, 0.3) is 11.0 Å². The zero-order valence-corrected chi connectivity index (χ0v) is 17.9. The normalized spacial score (nSPS) is 15.7. The summed E-state index contributed by atoms with van der Waals surface area (Å²) in [5.41, 5.74) is 3.25. The number of nitrogens with one attached hydrogen (secondary N) is 1. The summed E-state index contributed by atoms with van der Waals surface area (Å²) in [5, 5.41) is 3.09. The van der Waals surface area contributed by atoms with Crippen molar-refractivity contribution < 1.29 is 9.53 Å². The second-order valence-electron chi connectivity index (χ2n) is 7.67. The second kappa shape index (κ2) is 9.57. The van der Waals surface area contributed by atoms with Crippen LogP contribution in [-0.2, 0) is 13.0 Å². The zero-order chi connectivity index (χ0) is 21.6. The van der Waals surface area contributed by atoms with Crippen molar-refractivity contribution in [3.63, 3.8) is 0 Å². The van der Waals surface area contributed by atoms with Crippen LogP contribution < -0.4 is 10.1 Å². The highest BCUT2D eigenvalue weighted by Gasteiger charge is 2.33. The molecule has 4 rings (SSSR count). The van der Waals surface area contributed by atoms with Gasteiger partial charge < -0.3 is 19.5 Å². The van der Waals surface area contributed by atoms with E-state index in [9.17, 15) is 4.79 Å². The van der Waals surface area contributed by atoms with E-state index in [2.05, 4.69) is 28.8 Å². The molecule has 0 spiro atoms. The van der Waals surface area contributed by atoms with Crippen LogP contribution in [-0.4, -0.2) is 40.2 Å². The summed E-state index contributed by atoms with van der Waals surface area (Å²) in [4.78, 5) is 19.8. The topological polar surface area (TPSA) is 59.4 Å². The smallest absolute Gasteiger partial charge is 0.318 e. The van der Waals surface area contributed by atoms with Crippen LogP contribution in [0.1, 0.15) is 37.2 Å². The maximum atomic E-state index is 12.9. The summed E-state index contributed by atoms with van der Waals surface area (Å²) < 4.78 is 7.63. The molecule has 2 heterocycles. The van der Waals surface area contributed by atoms with E-state index in [1.54, 1.807) is 0 Å². The van der Waals surface area contributed by atoms with E-state index in [0.29, 0.717) is 6.54 Å². The van der Waals surface area contributed by atoms with Gasteiger partial charge >= 0.3 is 6.03 Å². The average molecular weight is 417 g/mol. The van der Waals surface area contributed by atoms with Crippen molar-refractivity contribution in [1.29, 1.82) is 0 Å². The lowest BCUT2D eigenvalue weighted by Gasteiger charge is -2.25. The van der Waals surface area contributed by atoms with Crippen LogP contribution in [0.15, 0.2) is 48.5 Å². The standard InChI is InChI=1S/C25H28N4O2/c1-3-18-31-20-13-11-19(12-14-20)15-16-26-25(30)29-17-7-10-23(29)24-27-21-8-5-6-9-22(21)28(24)4-2/h1,5-6,8-9,11-14,23H,4,7,10,15-18H2,2H3,(H,26,30). The molecule has 1 N–H and O–H groups in total. The van der Waals surface area contributed by atoms with Gasteiger partial charge in [0.1, 0.15) is 18.2 Å². The molecule has 1 aliphatic heterocycles. The first kappa shape index (κ1) is 20.8. The number of likely N-dealkylation sites (tertiary alicyclic amines) is 1. The molecule has 160 valence electrons. The molecule has 6 heteroatoms. The Balaban J connectivity index is 1.38. The second-order valence-corrected chi connectivity index (χ2v) is 7.67. The Morgan fingerprint density at radius 3 is 2.84 bits per heavy atom. The zero-order valence-electron chi connectivity index (χ0n) is 17.9. The first-order valence-corrected chi connectivity index (χ1v) is 10.9. The van der Waals surface area contributed by atoms with Gasteiger partial charge in [0.15, 0.2) is 0 Å². The number of carbonyl (C=O) groups excluding carboxylic acids is 1. The van der Waals surface area contributed by atoms with Crippen LogP contribution in [0.5, 0.6) is 5.75 Å². The van der Waals surface area contributed by atoms with E-state index in [0.717, 1.165) is 60.5 Å². The van der Waals surface area contributed by atoms with Crippen molar-refractivity contribution >= 4 is 17.1 Å². The molecule has 0 saturated carbocycles. The van der Waals surface area contributed by atoms with Gasteiger partial charge in [0.2, 0.25) is 0 Å². The van der Waals surface area contributed by atoms with Gasteiger partial charge in [-0.05, 0) is 56.0 Å². The molecule has 2 amide bonds. The summed E-state index contributed by atoms with van der Waals surface area (Å²) in [6, 6.07) is 16.0. The molecular weight excluding hydrogens is 388 g/mol. The van der Waals surface area contributed by atoms with Gasteiger partial charge in [-0.1, -0.05) is 30.2 Å². The molecule has 0 radical (unpaired) electrons. The van der Waals surface area contributed by atoms with E-state index < -0.39 is 0 Å². The number of urea groups is 1. The fraction of sp³-hybridized carbons (Fsp3) is 0.360. The third-order valence-electron chi connectivity index (χ3n) is 5.75. The number of aryl methyl sites for hydroxylation is 1. The van der Waals surface area contributed by atoms with Gasteiger partial charge in [-0.15, -0.1) is 6.42 Å². The number of ether oxygens (including phenoxy) is 1. The largest absolute Gasteiger partial charge is 0.481 e. The van der Waals surface area contributed by atoms with Crippen LogP contribution in [0.3, 0.4) is 0 Å². The number of amides is 2. The Kier molecular flexibility index (Phi) is 6.42. The number of hydrogen-bond donors (Lipinski definition) is 1.